The number of carbonyl (C=O) groups excluding carboxylic acids is 1. The lowest BCUT2D eigenvalue weighted by Crippen LogP contribution is -2.20. The standard InChI is InChI=1S/C13H14BrFO3/c1-7-5-18-6-8-3-9(15)4-10(11(7)8)12(14)13(16)17-2/h3-4,7,12H,5-6H2,1-2H3/t7-,12?/m1/s1. The van der Waals surface area contributed by atoms with Gasteiger partial charge in [0.05, 0.1) is 20.3 Å². The maximum Gasteiger partial charge on any atom is 0.324 e. The molecule has 0 fully saturated rings. The Hall–Kier alpha value is -0.940. The summed E-state index contributed by atoms with van der Waals surface area (Å²) >= 11 is 3.27. The summed E-state index contributed by atoms with van der Waals surface area (Å²) in [6.45, 7) is 2.95. The Morgan fingerprint density at radius 3 is 3.00 bits per heavy atom. The number of halogens is 2. The van der Waals surface area contributed by atoms with Crippen molar-refractivity contribution in [3.8, 4) is 0 Å². The van der Waals surface area contributed by atoms with Crippen molar-refractivity contribution >= 4 is 21.9 Å². The van der Waals surface area contributed by atoms with Gasteiger partial charge in [-0.15, -0.1) is 0 Å². The van der Waals surface area contributed by atoms with E-state index in [2.05, 4.69) is 15.9 Å². The predicted molar refractivity (Wildman–Crippen MR) is 68.2 cm³/mol. The highest BCUT2D eigenvalue weighted by Gasteiger charge is 2.28. The monoisotopic (exact) mass is 316 g/mol. The van der Waals surface area contributed by atoms with Crippen molar-refractivity contribution < 1.29 is 18.7 Å². The molecule has 0 aliphatic carbocycles. The molecule has 0 N–H and O–H groups in total. The molecule has 1 aromatic rings. The minimum absolute atomic E-state index is 0.133. The molecule has 1 aliphatic rings. The molecule has 2 rings (SSSR count). The average Bonchev–Trinajstić information content (AvgIpc) is 2.36. The molecular formula is C13H14BrFO3. The van der Waals surface area contributed by atoms with Crippen LogP contribution in [0.4, 0.5) is 4.39 Å². The second-order valence-electron chi connectivity index (χ2n) is 4.37. The van der Waals surface area contributed by atoms with Crippen LogP contribution in [0.5, 0.6) is 0 Å². The van der Waals surface area contributed by atoms with E-state index in [1.807, 2.05) is 6.92 Å². The molecule has 1 heterocycles. The number of ether oxygens (including phenoxy) is 2. The van der Waals surface area contributed by atoms with Gasteiger partial charge in [-0.1, -0.05) is 22.9 Å². The minimum atomic E-state index is -0.646. The van der Waals surface area contributed by atoms with Crippen LogP contribution in [0, 0.1) is 5.82 Å². The Morgan fingerprint density at radius 1 is 1.61 bits per heavy atom. The van der Waals surface area contributed by atoms with Gasteiger partial charge in [0, 0.05) is 5.92 Å². The SMILES string of the molecule is COC(=O)C(Br)c1cc(F)cc2c1[C@H](C)COC2. The van der Waals surface area contributed by atoms with Gasteiger partial charge < -0.3 is 9.47 Å². The fourth-order valence-corrected chi connectivity index (χ4v) is 2.85. The highest BCUT2D eigenvalue weighted by molar-refractivity contribution is 9.09. The Bertz CT molecular complexity index is 476. The van der Waals surface area contributed by atoms with Crippen LogP contribution in [-0.4, -0.2) is 19.7 Å². The van der Waals surface area contributed by atoms with Gasteiger partial charge >= 0.3 is 5.97 Å². The minimum Gasteiger partial charge on any atom is -0.468 e. The van der Waals surface area contributed by atoms with E-state index in [0.29, 0.717) is 18.8 Å². The Morgan fingerprint density at radius 2 is 2.33 bits per heavy atom. The van der Waals surface area contributed by atoms with Crippen LogP contribution in [0.1, 0.15) is 34.4 Å². The van der Waals surface area contributed by atoms with Crippen molar-refractivity contribution in [3.05, 3.63) is 34.6 Å². The fourth-order valence-electron chi connectivity index (χ4n) is 2.29. The number of carbonyl (C=O) groups is 1. The van der Waals surface area contributed by atoms with E-state index < -0.39 is 10.8 Å². The van der Waals surface area contributed by atoms with E-state index in [1.54, 1.807) is 0 Å². The molecule has 0 radical (unpaired) electrons. The summed E-state index contributed by atoms with van der Waals surface area (Å²) in [6, 6.07) is 2.85. The second-order valence-corrected chi connectivity index (χ2v) is 5.29. The van der Waals surface area contributed by atoms with Gasteiger partial charge in [-0.2, -0.15) is 0 Å². The van der Waals surface area contributed by atoms with Crippen molar-refractivity contribution in [2.45, 2.75) is 24.3 Å². The molecule has 0 amide bonds. The lowest BCUT2D eigenvalue weighted by molar-refractivity contribution is -0.139. The number of esters is 1. The first-order chi connectivity index (χ1) is 8.54. The topological polar surface area (TPSA) is 35.5 Å². The van der Waals surface area contributed by atoms with Gasteiger partial charge in [0.15, 0.2) is 0 Å². The highest BCUT2D eigenvalue weighted by Crippen LogP contribution is 2.37. The first kappa shape index (κ1) is 13.5. The number of rotatable bonds is 2. The number of fused-ring (bicyclic) bond motifs is 1. The maximum atomic E-state index is 13.6. The predicted octanol–water partition coefficient (Wildman–Crippen LogP) is 3.07. The molecule has 98 valence electrons. The molecule has 0 saturated heterocycles. The zero-order valence-corrected chi connectivity index (χ0v) is 11.8. The van der Waals surface area contributed by atoms with Gasteiger partial charge in [0.2, 0.25) is 0 Å². The van der Waals surface area contributed by atoms with Crippen molar-refractivity contribution in [3.63, 3.8) is 0 Å². The van der Waals surface area contributed by atoms with Gasteiger partial charge in [-0.05, 0) is 28.8 Å². The molecule has 0 spiro atoms. The van der Waals surface area contributed by atoms with Crippen LogP contribution in [0.2, 0.25) is 0 Å². The Kier molecular flexibility index (Phi) is 4.02. The smallest absolute Gasteiger partial charge is 0.324 e. The summed E-state index contributed by atoms with van der Waals surface area (Å²) < 4.78 is 23.7. The Labute approximate surface area is 113 Å². The molecule has 18 heavy (non-hydrogen) atoms. The van der Waals surface area contributed by atoms with E-state index in [9.17, 15) is 9.18 Å². The summed E-state index contributed by atoms with van der Waals surface area (Å²) in [5.41, 5.74) is 2.42. The lowest BCUT2D eigenvalue weighted by Gasteiger charge is -2.27. The number of benzene rings is 1. The molecule has 5 heteroatoms. The van der Waals surface area contributed by atoms with Crippen molar-refractivity contribution in [1.29, 1.82) is 0 Å². The molecule has 1 aliphatic heterocycles. The van der Waals surface area contributed by atoms with Crippen LogP contribution in [-0.2, 0) is 20.9 Å². The van der Waals surface area contributed by atoms with E-state index in [4.69, 9.17) is 9.47 Å². The zero-order valence-electron chi connectivity index (χ0n) is 10.2. The van der Waals surface area contributed by atoms with Crippen molar-refractivity contribution in [1.82, 2.24) is 0 Å². The molecule has 2 atom stereocenters. The molecule has 0 saturated carbocycles. The average molecular weight is 317 g/mol. The summed E-state index contributed by atoms with van der Waals surface area (Å²) in [5.74, 6) is -0.662. The third kappa shape index (κ3) is 2.42. The molecular weight excluding hydrogens is 303 g/mol. The van der Waals surface area contributed by atoms with Crippen LogP contribution in [0.25, 0.3) is 0 Å². The quantitative estimate of drug-likeness (QED) is 0.621. The molecule has 0 aromatic heterocycles. The summed E-state index contributed by atoms with van der Waals surface area (Å²) in [6.07, 6.45) is 0. The number of hydrogen-bond acceptors (Lipinski definition) is 3. The first-order valence-electron chi connectivity index (χ1n) is 5.66. The lowest BCUT2D eigenvalue weighted by atomic mass is 9.88. The van der Waals surface area contributed by atoms with Crippen LogP contribution in [0.15, 0.2) is 12.1 Å². The van der Waals surface area contributed by atoms with Crippen LogP contribution < -0.4 is 0 Å². The highest BCUT2D eigenvalue weighted by atomic mass is 79.9. The van der Waals surface area contributed by atoms with E-state index >= 15 is 0 Å². The van der Waals surface area contributed by atoms with Crippen molar-refractivity contribution in [2.24, 2.45) is 0 Å². The van der Waals surface area contributed by atoms with Crippen molar-refractivity contribution in [2.75, 3.05) is 13.7 Å². The van der Waals surface area contributed by atoms with Gasteiger partial charge in [-0.3, -0.25) is 4.79 Å². The number of hydrogen-bond donors (Lipinski definition) is 0. The van der Waals surface area contributed by atoms with E-state index in [0.717, 1.165) is 11.1 Å². The third-order valence-electron chi connectivity index (χ3n) is 3.06. The van der Waals surface area contributed by atoms with Gasteiger partial charge in [0.1, 0.15) is 10.6 Å². The van der Waals surface area contributed by atoms with Gasteiger partial charge in [-0.25, -0.2) is 4.39 Å². The summed E-state index contributed by atoms with van der Waals surface area (Å²) in [7, 11) is 1.31. The van der Waals surface area contributed by atoms with E-state index in [1.165, 1.54) is 19.2 Å². The maximum absolute atomic E-state index is 13.6. The normalized spacial score (nSPS) is 20.1. The molecule has 0 bridgehead atoms. The first-order valence-corrected chi connectivity index (χ1v) is 6.58. The zero-order chi connectivity index (χ0) is 13.3. The van der Waals surface area contributed by atoms with E-state index in [-0.39, 0.29) is 11.7 Å². The molecule has 1 aromatic carbocycles. The largest absolute Gasteiger partial charge is 0.468 e. The third-order valence-corrected chi connectivity index (χ3v) is 3.93. The summed E-state index contributed by atoms with van der Waals surface area (Å²) in [4.78, 5) is 10.9. The number of methoxy groups -OCH3 is 1. The fraction of sp³-hybridized carbons (Fsp3) is 0.462. The number of alkyl halides is 1. The molecule has 1 unspecified atom stereocenters. The molecule has 3 nitrogen and oxygen atoms in total. The van der Waals surface area contributed by atoms with Gasteiger partial charge in [0.25, 0.3) is 0 Å². The van der Waals surface area contributed by atoms with Crippen LogP contribution >= 0.6 is 15.9 Å². The second kappa shape index (κ2) is 5.36. The summed E-state index contributed by atoms with van der Waals surface area (Å²) in [5, 5.41) is 0. The Balaban J connectivity index is 2.52. The van der Waals surface area contributed by atoms with Crippen LogP contribution in [0.3, 0.4) is 0 Å².